The maximum absolute atomic E-state index is 13.3. The number of amides is 1. The number of carbonyl (C=O) groups excluding carboxylic acids is 1. The molecule has 4 rings (SSSR count). The molecule has 1 aliphatic rings. The maximum Gasteiger partial charge on any atom is 0.264 e. The van der Waals surface area contributed by atoms with E-state index < -0.39 is 0 Å². The second-order valence-corrected chi connectivity index (χ2v) is 9.00. The van der Waals surface area contributed by atoms with Gasteiger partial charge in [-0.2, -0.15) is 0 Å². The summed E-state index contributed by atoms with van der Waals surface area (Å²) in [4.78, 5) is 17.7. The number of aryl methyl sites for hydroxylation is 2. The summed E-state index contributed by atoms with van der Waals surface area (Å²) in [5.74, 6) is -0.435. The Kier molecular flexibility index (Phi) is 5.66. The third kappa shape index (κ3) is 4.13. The highest BCUT2D eigenvalue weighted by Gasteiger charge is 2.25. The first-order valence-corrected chi connectivity index (χ1v) is 10.9. The van der Waals surface area contributed by atoms with Gasteiger partial charge in [0.1, 0.15) is 5.82 Å². The summed E-state index contributed by atoms with van der Waals surface area (Å²) in [5.41, 5.74) is 5.65. The molecule has 4 nitrogen and oxygen atoms in total. The van der Waals surface area contributed by atoms with Crippen LogP contribution in [-0.2, 0) is 4.79 Å². The Morgan fingerprint density at radius 1 is 1.10 bits per heavy atom. The van der Waals surface area contributed by atoms with Crippen LogP contribution in [-0.4, -0.2) is 15.6 Å². The van der Waals surface area contributed by atoms with Gasteiger partial charge in [-0.1, -0.05) is 15.9 Å². The molecule has 0 radical (unpaired) electrons. The van der Waals surface area contributed by atoms with Crippen molar-refractivity contribution in [3.63, 3.8) is 0 Å². The summed E-state index contributed by atoms with van der Waals surface area (Å²) in [6.07, 6.45) is 1.87. The number of aliphatic imine (C=N–C) groups is 1. The van der Waals surface area contributed by atoms with Crippen molar-refractivity contribution >= 4 is 50.5 Å². The number of thioether (sulfide) groups is 1. The Bertz CT molecular complexity index is 1210. The number of amidine groups is 1. The van der Waals surface area contributed by atoms with Gasteiger partial charge in [0.25, 0.3) is 5.91 Å². The number of halogens is 2. The molecule has 0 atom stereocenters. The van der Waals surface area contributed by atoms with Gasteiger partial charge in [-0.3, -0.25) is 4.79 Å². The number of hydrogen-bond acceptors (Lipinski definition) is 3. The molecule has 0 aliphatic carbocycles. The number of nitrogens with one attached hydrogen (secondary N) is 1. The van der Waals surface area contributed by atoms with Crippen molar-refractivity contribution in [2.75, 3.05) is 0 Å². The van der Waals surface area contributed by atoms with E-state index in [4.69, 9.17) is 0 Å². The average Bonchev–Trinajstić information content (AvgIpc) is 3.17. The number of nitrogens with zero attached hydrogens (tertiary/aromatic N) is 2. The van der Waals surface area contributed by atoms with Gasteiger partial charge in [0.05, 0.1) is 10.6 Å². The number of carbonyl (C=O) groups is 1. The lowest BCUT2D eigenvalue weighted by molar-refractivity contribution is -0.115. The minimum Gasteiger partial charge on any atom is -0.318 e. The fourth-order valence-corrected chi connectivity index (χ4v) is 4.70. The zero-order valence-corrected chi connectivity index (χ0v) is 19.1. The van der Waals surface area contributed by atoms with E-state index in [9.17, 15) is 9.18 Å². The van der Waals surface area contributed by atoms with E-state index >= 15 is 0 Å². The van der Waals surface area contributed by atoms with Crippen LogP contribution in [0, 0.1) is 26.6 Å². The molecule has 7 heteroatoms. The SMILES string of the molecule is Cc1cc(Br)ccc1N=C1NC(=O)/C(=C/c2cc(C)n(-c3ccc(F)cc3)c2C)S1. The van der Waals surface area contributed by atoms with E-state index in [2.05, 4.69) is 26.2 Å². The zero-order valence-electron chi connectivity index (χ0n) is 16.7. The Morgan fingerprint density at radius 3 is 2.53 bits per heavy atom. The van der Waals surface area contributed by atoms with Crippen molar-refractivity contribution in [3.05, 3.63) is 86.2 Å². The van der Waals surface area contributed by atoms with Crippen molar-refractivity contribution in [1.29, 1.82) is 0 Å². The van der Waals surface area contributed by atoms with E-state index in [1.54, 1.807) is 12.1 Å². The molecule has 3 aromatic rings. The first kappa shape index (κ1) is 20.6. The van der Waals surface area contributed by atoms with Gasteiger partial charge in [-0.05, 0) is 98.3 Å². The highest BCUT2D eigenvalue weighted by Crippen LogP contribution is 2.31. The number of hydrogen-bond donors (Lipinski definition) is 1. The van der Waals surface area contributed by atoms with Crippen LogP contribution >= 0.6 is 27.7 Å². The summed E-state index contributed by atoms with van der Waals surface area (Å²) < 4.78 is 16.3. The molecule has 0 bridgehead atoms. The van der Waals surface area contributed by atoms with Crippen LogP contribution in [0.25, 0.3) is 11.8 Å². The van der Waals surface area contributed by atoms with Crippen LogP contribution in [0.4, 0.5) is 10.1 Å². The molecular formula is C23H19BrFN3OS. The molecule has 1 aromatic heterocycles. The fraction of sp³-hybridized carbons (Fsp3) is 0.130. The number of benzene rings is 2. The van der Waals surface area contributed by atoms with Crippen molar-refractivity contribution in [1.82, 2.24) is 9.88 Å². The van der Waals surface area contributed by atoms with Gasteiger partial charge in [0, 0.05) is 21.5 Å². The van der Waals surface area contributed by atoms with Gasteiger partial charge < -0.3 is 9.88 Å². The first-order chi connectivity index (χ1) is 14.3. The Hall–Kier alpha value is -2.64. The Balaban J connectivity index is 1.64. The standard InChI is InChI=1S/C23H19BrFN3OS/c1-13-10-17(24)4-9-20(13)26-23-27-22(29)21(30-23)12-16-11-14(2)28(15(16)3)19-7-5-18(25)6-8-19/h4-12H,1-3H3,(H,26,27,29)/b21-12-. The quantitative estimate of drug-likeness (QED) is 0.451. The second kappa shape index (κ2) is 8.24. The Labute approximate surface area is 187 Å². The molecule has 0 spiro atoms. The first-order valence-electron chi connectivity index (χ1n) is 9.32. The zero-order chi connectivity index (χ0) is 21.4. The van der Waals surface area contributed by atoms with Crippen LogP contribution in [0.5, 0.6) is 0 Å². The van der Waals surface area contributed by atoms with Gasteiger partial charge in [0.2, 0.25) is 0 Å². The molecule has 1 amide bonds. The van der Waals surface area contributed by atoms with E-state index in [1.807, 2.05) is 55.7 Å². The molecule has 2 heterocycles. The lowest BCUT2D eigenvalue weighted by Gasteiger charge is -2.09. The summed E-state index contributed by atoms with van der Waals surface area (Å²) in [7, 11) is 0. The minimum atomic E-state index is -0.268. The normalized spacial score (nSPS) is 16.5. The van der Waals surface area contributed by atoms with Gasteiger partial charge in [0.15, 0.2) is 5.17 Å². The lowest BCUT2D eigenvalue weighted by Crippen LogP contribution is -2.19. The Morgan fingerprint density at radius 2 is 1.83 bits per heavy atom. The molecule has 0 unspecified atom stereocenters. The second-order valence-electron chi connectivity index (χ2n) is 7.05. The van der Waals surface area contributed by atoms with Crippen molar-refractivity contribution in [3.8, 4) is 5.69 Å². The molecule has 152 valence electrons. The van der Waals surface area contributed by atoms with E-state index in [0.717, 1.165) is 38.4 Å². The van der Waals surface area contributed by atoms with Gasteiger partial charge in [-0.15, -0.1) is 0 Å². The molecule has 1 saturated heterocycles. The molecule has 2 aromatic carbocycles. The molecule has 1 aliphatic heterocycles. The largest absolute Gasteiger partial charge is 0.318 e. The predicted molar refractivity (Wildman–Crippen MR) is 125 cm³/mol. The van der Waals surface area contributed by atoms with Gasteiger partial charge in [-0.25, -0.2) is 9.38 Å². The number of rotatable bonds is 3. The minimum absolute atomic E-state index is 0.167. The third-order valence-corrected chi connectivity index (χ3v) is 6.28. The molecular weight excluding hydrogens is 465 g/mol. The third-order valence-electron chi connectivity index (χ3n) is 4.87. The molecule has 0 saturated carbocycles. The van der Waals surface area contributed by atoms with Crippen LogP contribution in [0.3, 0.4) is 0 Å². The average molecular weight is 484 g/mol. The van der Waals surface area contributed by atoms with E-state index in [0.29, 0.717) is 10.1 Å². The molecule has 1 fully saturated rings. The summed E-state index contributed by atoms with van der Waals surface area (Å²) >= 11 is 4.77. The monoisotopic (exact) mass is 483 g/mol. The summed E-state index contributed by atoms with van der Waals surface area (Å²) in [5, 5.41) is 3.40. The summed E-state index contributed by atoms with van der Waals surface area (Å²) in [6, 6.07) is 14.2. The van der Waals surface area contributed by atoms with E-state index in [1.165, 1.54) is 23.9 Å². The highest BCUT2D eigenvalue weighted by atomic mass is 79.9. The van der Waals surface area contributed by atoms with Crippen LogP contribution in [0.1, 0.15) is 22.5 Å². The van der Waals surface area contributed by atoms with Gasteiger partial charge >= 0.3 is 0 Å². The van der Waals surface area contributed by atoms with Crippen LogP contribution in [0.2, 0.25) is 0 Å². The van der Waals surface area contributed by atoms with Crippen LogP contribution < -0.4 is 5.32 Å². The maximum atomic E-state index is 13.3. The number of aromatic nitrogens is 1. The van der Waals surface area contributed by atoms with Crippen molar-refractivity contribution < 1.29 is 9.18 Å². The molecule has 30 heavy (non-hydrogen) atoms. The summed E-state index contributed by atoms with van der Waals surface area (Å²) in [6.45, 7) is 5.95. The van der Waals surface area contributed by atoms with Crippen molar-refractivity contribution in [2.45, 2.75) is 20.8 Å². The fourth-order valence-electron chi connectivity index (χ4n) is 3.40. The smallest absolute Gasteiger partial charge is 0.264 e. The van der Waals surface area contributed by atoms with E-state index in [-0.39, 0.29) is 11.7 Å². The molecule has 1 N–H and O–H groups in total. The highest BCUT2D eigenvalue weighted by molar-refractivity contribution is 9.10. The topological polar surface area (TPSA) is 46.4 Å². The van der Waals surface area contributed by atoms with Crippen LogP contribution in [0.15, 0.2) is 62.9 Å². The predicted octanol–water partition coefficient (Wildman–Crippen LogP) is 6.20. The van der Waals surface area contributed by atoms with Crippen molar-refractivity contribution in [2.24, 2.45) is 4.99 Å². The lowest BCUT2D eigenvalue weighted by atomic mass is 10.2.